The lowest BCUT2D eigenvalue weighted by Gasteiger charge is -2.34. The Morgan fingerprint density at radius 1 is 0.932 bits per heavy atom. The van der Waals surface area contributed by atoms with Crippen LogP contribution in [0.2, 0.25) is 5.02 Å². The van der Waals surface area contributed by atoms with Crippen molar-refractivity contribution in [2.24, 2.45) is 0 Å². The van der Waals surface area contributed by atoms with Gasteiger partial charge in [0.15, 0.2) is 0 Å². The SMILES string of the molecule is COCc1c(F)cc(OCC[C@@H](C)N(Cc2cccc(C(F)(F)F)c2Cl)CC(c2ccccc2)c2ccccc2)cc1SO. The van der Waals surface area contributed by atoms with Gasteiger partial charge in [0.1, 0.15) is 11.6 Å². The van der Waals surface area contributed by atoms with Crippen LogP contribution in [0, 0.1) is 5.82 Å². The number of benzene rings is 4. The first-order valence-electron chi connectivity index (χ1n) is 14.1. The van der Waals surface area contributed by atoms with Crippen molar-refractivity contribution in [2.45, 2.75) is 49.5 Å². The Morgan fingerprint density at radius 3 is 2.14 bits per heavy atom. The Bertz CT molecular complexity index is 1450. The number of ether oxygens (including phenoxy) is 2. The molecule has 0 fully saturated rings. The maximum atomic E-state index is 14.7. The van der Waals surface area contributed by atoms with Gasteiger partial charge < -0.3 is 14.0 Å². The van der Waals surface area contributed by atoms with E-state index in [1.807, 2.05) is 67.6 Å². The monoisotopic (exact) mass is 647 g/mol. The van der Waals surface area contributed by atoms with Crippen molar-refractivity contribution in [3.8, 4) is 5.75 Å². The Kier molecular flexibility index (Phi) is 12.1. The third-order valence-electron chi connectivity index (χ3n) is 7.52. The fourth-order valence-corrected chi connectivity index (χ4v) is 5.84. The summed E-state index contributed by atoms with van der Waals surface area (Å²) in [4.78, 5) is 2.40. The van der Waals surface area contributed by atoms with Gasteiger partial charge in [-0.15, -0.1) is 0 Å². The zero-order valence-electron chi connectivity index (χ0n) is 24.4. The summed E-state index contributed by atoms with van der Waals surface area (Å²) in [6.07, 6.45) is -4.09. The second kappa shape index (κ2) is 15.8. The van der Waals surface area contributed by atoms with E-state index in [1.165, 1.54) is 19.2 Å². The van der Waals surface area contributed by atoms with Crippen LogP contribution in [0.3, 0.4) is 0 Å². The number of hydrogen-bond acceptors (Lipinski definition) is 5. The summed E-state index contributed by atoms with van der Waals surface area (Å²) in [7, 11) is 1.44. The minimum atomic E-state index is -4.58. The summed E-state index contributed by atoms with van der Waals surface area (Å²) in [5.74, 6) is -0.370. The molecule has 4 aromatic carbocycles. The van der Waals surface area contributed by atoms with Gasteiger partial charge in [0, 0.05) is 60.7 Å². The van der Waals surface area contributed by atoms with Gasteiger partial charge >= 0.3 is 6.18 Å². The lowest BCUT2D eigenvalue weighted by atomic mass is 9.90. The molecule has 234 valence electrons. The summed E-state index contributed by atoms with van der Waals surface area (Å²) in [5.41, 5.74) is 1.88. The van der Waals surface area contributed by atoms with Gasteiger partial charge in [0.25, 0.3) is 0 Å². The molecule has 1 atom stereocenters. The number of halogens is 5. The molecule has 0 aliphatic heterocycles. The van der Waals surface area contributed by atoms with E-state index in [1.54, 1.807) is 12.1 Å². The highest BCUT2D eigenvalue weighted by Crippen LogP contribution is 2.37. The number of hydrogen-bond donors (Lipinski definition) is 1. The highest BCUT2D eigenvalue weighted by atomic mass is 35.5. The molecule has 0 aromatic heterocycles. The van der Waals surface area contributed by atoms with E-state index in [0.717, 1.165) is 17.2 Å². The summed E-state index contributed by atoms with van der Waals surface area (Å²) >= 11 is 6.75. The van der Waals surface area contributed by atoms with Crippen LogP contribution in [-0.2, 0) is 24.1 Å². The van der Waals surface area contributed by atoms with Crippen LogP contribution in [-0.4, -0.2) is 35.8 Å². The van der Waals surface area contributed by atoms with Crippen LogP contribution < -0.4 is 4.74 Å². The molecule has 0 amide bonds. The molecule has 0 radical (unpaired) electrons. The fourth-order valence-electron chi connectivity index (χ4n) is 5.12. The molecule has 0 heterocycles. The van der Waals surface area contributed by atoms with Gasteiger partial charge in [-0.05, 0) is 42.2 Å². The van der Waals surface area contributed by atoms with Crippen molar-refractivity contribution < 1.29 is 31.6 Å². The molecule has 0 aliphatic carbocycles. The first-order chi connectivity index (χ1) is 21.1. The number of alkyl halides is 3. The smallest absolute Gasteiger partial charge is 0.417 e. The van der Waals surface area contributed by atoms with Crippen molar-refractivity contribution in [1.29, 1.82) is 0 Å². The Hall–Kier alpha value is -3.08. The van der Waals surface area contributed by atoms with Gasteiger partial charge in [-0.25, -0.2) is 4.39 Å². The molecule has 0 bridgehead atoms. The first kappa shape index (κ1) is 33.8. The molecular formula is C34H34ClF4NO3S. The van der Waals surface area contributed by atoms with Crippen LogP contribution in [0.5, 0.6) is 5.75 Å². The molecule has 1 N–H and O–H groups in total. The minimum Gasteiger partial charge on any atom is -0.493 e. The Labute approximate surface area is 264 Å². The molecule has 0 unspecified atom stereocenters. The molecule has 0 spiro atoms. The Balaban J connectivity index is 1.61. The van der Waals surface area contributed by atoms with Crippen LogP contribution in [0.1, 0.15) is 47.1 Å². The lowest BCUT2D eigenvalue weighted by molar-refractivity contribution is -0.137. The van der Waals surface area contributed by atoms with Crippen molar-refractivity contribution >= 4 is 23.6 Å². The van der Waals surface area contributed by atoms with Gasteiger partial charge in [0.2, 0.25) is 0 Å². The quantitative estimate of drug-likeness (QED) is 0.109. The van der Waals surface area contributed by atoms with Crippen LogP contribution >= 0.6 is 23.6 Å². The number of rotatable bonds is 14. The van der Waals surface area contributed by atoms with Gasteiger partial charge in [-0.3, -0.25) is 4.90 Å². The normalized spacial score (nSPS) is 12.6. The molecule has 0 aliphatic rings. The fraction of sp³-hybridized carbons (Fsp3) is 0.294. The van der Waals surface area contributed by atoms with E-state index in [4.69, 9.17) is 21.1 Å². The number of nitrogens with zero attached hydrogens (tertiary/aromatic N) is 1. The second-order valence-electron chi connectivity index (χ2n) is 10.5. The maximum Gasteiger partial charge on any atom is 0.417 e. The molecule has 4 nitrogen and oxygen atoms in total. The Morgan fingerprint density at radius 2 is 1.57 bits per heavy atom. The lowest BCUT2D eigenvalue weighted by Crippen LogP contribution is -2.37. The van der Waals surface area contributed by atoms with Crippen LogP contribution in [0.15, 0.2) is 95.9 Å². The van der Waals surface area contributed by atoms with Crippen molar-refractivity contribution in [1.82, 2.24) is 4.90 Å². The van der Waals surface area contributed by atoms with Crippen molar-refractivity contribution in [2.75, 3.05) is 20.3 Å². The highest BCUT2D eigenvalue weighted by molar-refractivity contribution is 7.93. The van der Waals surface area contributed by atoms with E-state index in [0.29, 0.717) is 35.5 Å². The average molecular weight is 648 g/mol. The second-order valence-corrected chi connectivity index (χ2v) is 11.5. The summed E-state index contributed by atoms with van der Waals surface area (Å²) < 4.78 is 76.3. The maximum absolute atomic E-state index is 14.7. The zero-order chi connectivity index (χ0) is 31.7. The van der Waals surface area contributed by atoms with Crippen molar-refractivity contribution in [3.63, 3.8) is 0 Å². The van der Waals surface area contributed by atoms with Gasteiger partial charge in [-0.1, -0.05) is 84.4 Å². The highest BCUT2D eigenvalue weighted by Gasteiger charge is 2.34. The van der Waals surface area contributed by atoms with Crippen LogP contribution in [0.4, 0.5) is 17.6 Å². The predicted molar refractivity (Wildman–Crippen MR) is 167 cm³/mol. The standard InChI is InChI=1S/C34H34ClF4NO3S/c1-23(16-17-43-27-18-31(36)29(22-42-2)32(19-27)44-41)40(20-26-14-9-15-30(33(26)35)34(37,38)39)21-28(24-10-5-3-6-11-24)25-12-7-4-8-13-25/h3-15,18-19,23,28,41H,16-17,20-22H2,1-2H3/t23-/m1/s1. The molecule has 0 saturated carbocycles. The van der Waals surface area contributed by atoms with Gasteiger partial charge in [0.05, 0.1) is 23.8 Å². The van der Waals surface area contributed by atoms with E-state index < -0.39 is 17.6 Å². The van der Waals surface area contributed by atoms with Crippen molar-refractivity contribution in [3.05, 3.63) is 130 Å². The minimum absolute atomic E-state index is 0.00307. The predicted octanol–water partition coefficient (Wildman–Crippen LogP) is 9.70. The van der Waals surface area contributed by atoms with E-state index in [2.05, 4.69) is 4.90 Å². The van der Waals surface area contributed by atoms with Gasteiger partial charge in [-0.2, -0.15) is 13.2 Å². The molecule has 10 heteroatoms. The molecule has 0 saturated heterocycles. The summed E-state index contributed by atoms with van der Waals surface area (Å²) in [6, 6.07) is 26.5. The third kappa shape index (κ3) is 8.76. The zero-order valence-corrected chi connectivity index (χ0v) is 25.9. The molecule has 44 heavy (non-hydrogen) atoms. The topological polar surface area (TPSA) is 41.9 Å². The van der Waals surface area contributed by atoms with E-state index in [-0.39, 0.29) is 48.1 Å². The third-order valence-corrected chi connectivity index (χ3v) is 8.53. The summed E-state index contributed by atoms with van der Waals surface area (Å²) in [5, 5.41) is -0.315. The molecule has 4 rings (SSSR count). The van der Waals surface area contributed by atoms with Crippen LogP contribution in [0.25, 0.3) is 0 Å². The largest absolute Gasteiger partial charge is 0.493 e. The average Bonchev–Trinajstić information content (AvgIpc) is 3.01. The van der Waals surface area contributed by atoms with E-state index in [9.17, 15) is 22.1 Å². The number of methoxy groups -OCH3 is 1. The first-order valence-corrected chi connectivity index (χ1v) is 15.2. The molecule has 4 aromatic rings. The summed E-state index contributed by atoms with van der Waals surface area (Å²) in [6.45, 7) is 2.85. The molecular weight excluding hydrogens is 614 g/mol. The van der Waals surface area contributed by atoms with E-state index >= 15 is 0 Å².